The number of urea groups is 2. The van der Waals surface area contributed by atoms with Gasteiger partial charge in [0.1, 0.15) is 12.2 Å². The smallest absolute Gasteiger partial charge is 0.344 e. The number of Topliss-reactive ketones (excluding diaryl/α,β-unsaturated/α-hetero) is 1. The number of rotatable bonds is 29. The summed E-state index contributed by atoms with van der Waals surface area (Å²) in [6.07, 6.45) is 3.12. The molecule has 3 aromatic carbocycles. The first-order valence-electron chi connectivity index (χ1n) is 22.0. The van der Waals surface area contributed by atoms with Crippen LogP contribution in [0, 0.1) is 0 Å². The maximum absolute atomic E-state index is 13.3. The van der Waals surface area contributed by atoms with Gasteiger partial charge >= 0.3 is 18.0 Å². The van der Waals surface area contributed by atoms with Crippen LogP contribution in [0.2, 0.25) is 0 Å². The number of carbonyl (C=O) groups excluding carboxylic acids is 5. The highest BCUT2D eigenvalue weighted by molar-refractivity contribution is 8.08. The Morgan fingerprint density at radius 3 is 1.84 bits per heavy atom. The number of nitrogens with one attached hydrogen (secondary N) is 6. The number of hydrogen-bond donors (Lipinski definition) is 7. The van der Waals surface area contributed by atoms with Gasteiger partial charge in [0.05, 0.1) is 56.2 Å². The number of nitrogens with zero attached hydrogens (tertiary/aromatic N) is 2. The molecule has 364 valence electrons. The van der Waals surface area contributed by atoms with Gasteiger partial charge in [-0.15, -0.1) is 0 Å². The Balaban J connectivity index is 1.11. The Kier molecular flexibility index (Phi) is 23.5. The molecule has 0 unspecified atom stereocenters. The zero-order valence-electron chi connectivity index (χ0n) is 38.9. The van der Waals surface area contributed by atoms with Gasteiger partial charge < -0.3 is 70.5 Å². The van der Waals surface area contributed by atoms with E-state index in [-0.39, 0.29) is 62.2 Å². The number of allylic oxidation sites excluding steroid dienone is 1. The van der Waals surface area contributed by atoms with E-state index in [9.17, 15) is 29.1 Å². The molecule has 20 heteroatoms. The van der Waals surface area contributed by atoms with Gasteiger partial charge in [-0.1, -0.05) is 36.0 Å². The number of phenols is 1. The van der Waals surface area contributed by atoms with Gasteiger partial charge in [0.15, 0.2) is 11.5 Å². The van der Waals surface area contributed by atoms with Crippen molar-refractivity contribution in [3.05, 3.63) is 93.4 Å². The van der Waals surface area contributed by atoms with Gasteiger partial charge in [0.25, 0.3) is 5.91 Å². The van der Waals surface area contributed by atoms with Gasteiger partial charge in [-0.2, -0.15) is 0 Å². The SMILES string of the molecule is CCOC(=O)C1=C(Nc2ccccc2)S/C(=C\c2ccc(OCCOCCOCCOCCNC(=O)c3cc(NC(=O)NCCCN(C)C)cc(NC(=O)NCCCN(C)C)c3)c(O)c2)C1=O. The maximum atomic E-state index is 13.3. The number of thioether (sulfide) groups is 1. The molecule has 67 heavy (non-hydrogen) atoms. The fraction of sp³-hybridized carbons (Fsp3) is 0.426. The van der Waals surface area contributed by atoms with Crippen LogP contribution in [-0.4, -0.2) is 158 Å². The lowest BCUT2D eigenvalue weighted by Crippen LogP contribution is -2.32. The van der Waals surface area contributed by atoms with Crippen LogP contribution in [0.4, 0.5) is 26.7 Å². The highest BCUT2D eigenvalue weighted by Crippen LogP contribution is 2.41. The fourth-order valence-corrected chi connectivity index (χ4v) is 7.15. The molecule has 0 bridgehead atoms. The summed E-state index contributed by atoms with van der Waals surface area (Å²) in [5, 5.41) is 28.0. The minimum Gasteiger partial charge on any atom is -0.504 e. The van der Waals surface area contributed by atoms with E-state index >= 15 is 0 Å². The summed E-state index contributed by atoms with van der Waals surface area (Å²) in [7, 11) is 7.82. The molecule has 0 saturated heterocycles. The van der Waals surface area contributed by atoms with Gasteiger partial charge in [-0.25, -0.2) is 14.4 Å². The maximum Gasteiger partial charge on any atom is 0.344 e. The van der Waals surface area contributed by atoms with Gasteiger partial charge in [0, 0.05) is 42.3 Å². The lowest BCUT2D eigenvalue weighted by atomic mass is 10.1. The molecule has 0 aromatic heterocycles. The quantitative estimate of drug-likeness (QED) is 0.0212. The number of para-hydroxylation sites is 1. The minimum absolute atomic E-state index is 0.0769. The zero-order valence-corrected chi connectivity index (χ0v) is 39.7. The molecular weight excluding hydrogens is 885 g/mol. The molecule has 19 nitrogen and oxygen atoms in total. The first kappa shape index (κ1) is 53.5. The van der Waals surface area contributed by atoms with Crippen molar-refractivity contribution in [3.8, 4) is 11.5 Å². The van der Waals surface area contributed by atoms with E-state index in [2.05, 4.69) is 31.9 Å². The van der Waals surface area contributed by atoms with Crippen LogP contribution >= 0.6 is 11.8 Å². The van der Waals surface area contributed by atoms with E-state index in [0.717, 1.165) is 37.7 Å². The van der Waals surface area contributed by atoms with Crippen LogP contribution in [0.5, 0.6) is 11.5 Å². The summed E-state index contributed by atoms with van der Waals surface area (Å²) in [6, 6.07) is 17.7. The molecule has 0 atom stereocenters. The Morgan fingerprint density at radius 2 is 1.27 bits per heavy atom. The van der Waals surface area contributed by atoms with Crippen molar-refractivity contribution in [2.75, 3.05) is 130 Å². The molecule has 0 fully saturated rings. The average molecular weight is 949 g/mol. The Labute approximate surface area is 396 Å². The van der Waals surface area contributed by atoms with E-state index < -0.39 is 29.7 Å². The zero-order chi connectivity index (χ0) is 48.4. The lowest BCUT2D eigenvalue weighted by Gasteiger charge is -2.14. The molecule has 1 aliphatic heterocycles. The molecule has 5 amide bonds. The van der Waals surface area contributed by atoms with Crippen LogP contribution in [0.3, 0.4) is 0 Å². The standard InChI is InChI=1S/C47H64N8O11S/c1-6-65-45(59)41-42(57)40(67-44(41)51-35-12-8-7-9-13-35)29-33-14-15-39(38(56)28-33)66-27-26-64-25-24-63-23-22-62-21-18-48-43(58)34-30-36(52-46(60)49-16-10-19-54(2)3)32-37(31-34)53-47(61)50-17-11-20-55(4)5/h7-9,12-15,28-32,51,56H,6,10-11,16-27H2,1-5H3,(H,48,58)(H2,49,52,60)(H2,50,53,61)/b40-29-. The first-order chi connectivity index (χ1) is 32.3. The number of hydrogen-bond acceptors (Lipinski definition) is 15. The number of ketones is 1. The van der Waals surface area contributed by atoms with Crippen molar-refractivity contribution in [1.82, 2.24) is 25.8 Å². The second kappa shape index (κ2) is 29.5. The Morgan fingerprint density at radius 1 is 0.687 bits per heavy atom. The molecule has 0 saturated carbocycles. The second-order valence-corrected chi connectivity index (χ2v) is 16.5. The Bertz CT molecular complexity index is 2110. The third kappa shape index (κ3) is 20.1. The van der Waals surface area contributed by atoms with Crippen molar-refractivity contribution in [2.24, 2.45) is 0 Å². The largest absolute Gasteiger partial charge is 0.504 e. The third-order valence-electron chi connectivity index (χ3n) is 9.29. The van der Waals surface area contributed by atoms with Gasteiger partial charge in [0.2, 0.25) is 5.78 Å². The number of phenolic OH excluding ortho intramolecular Hbond substituents is 1. The molecule has 0 spiro atoms. The Hall–Kier alpha value is -6.16. The van der Waals surface area contributed by atoms with Crippen molar-refractivity contribution in [1.29, 1.82) is 0 Å². The van der Waals surface area contributed by atoms with Gasteiger partial charge in [-0.05, 0) is 115 Å². The molecule has 0 aliphatic carbocycles. The van der Waals surface area contributed by atoms with Crippen LogP contribution in [0.25, 0.3) is 6.08 Å². The summed E-state index contributed by atoms with van der Waals surface area (Å²) in [5.74, 6) is -1.49. The minimum atomic E-state index is -0.712. The summed E-state index contributed by atoms with van der Waals surface area (Å²) in [5.41, 5.74) is 2.08. The van der Waals surface area contributed by atoms with Crippen molar-refractivity contribution >= 4 is 64.6 Å². The van der Waals surface area contributed by atoms with E-state index in [0.29, 0.717) is 65.5 Å². The third-order valence-corrected chi connectivity index (χ3v) is 10.3. The molecule has 3 aromatic rings. The first-order valence-corrected chi connectivity index (χ1v) is 22.8. The second-order valence-electron chi connectivity index (χ2n) is 15.4. The number of anilines is 3. The van der Waals surface area contributed by atoms with Crippen LogP contribution in [0.15, 0.2) is 82.2 Å². The van der Waals surface area contributed by atoms with Crippen molar-refractivity contribution in [2.45, 2.75) is 19.8 Å². The normalized spacial score (nSPS) is 12.9. The predicted molar refractivity (Wildman–Crippen MR) is 260 cm³/mol. The van der Waals surface area contributed by atoms with Crippen molar-refractivity contribution in [3.63, 3.8) is 0 Å². The number of esters is 1. The van der Waals surface area contributed by atoms with Crippen LogP contribution in [0.1, 0.15) is 35.7 Å². The predicted octanol–water partition coefficient (Wildman–Crippen LogP) is 4.94. The van der Waals surface area contributed by atoms with Crippen molar-refractivity contribution < 1.29 is 52.8 Å². The molecule has 0 radical (unpaired) electrons. The van der Waals surface area contributed by atoms with Crippen LogP contribution in [-0.2, 0) is 28.5 Å². The molecule has 1 aliphatic rings. The number of benzene rings is 3. The lowest BCUT2D eigenvalue weighted by molar-refractivity contribution is -0.139. The summed E-state index contributed by atoms with van der Waals surface area (Å²) in [6.45, 7) is 6.38. The van der Waals surface area contributed by atoms with E-state index in [1.54, 1.807) is 31.2 Å². The summed E-state index contributed by atoms with van der Waals surface area (Å²) in [4.78, 5) is 68.5. The number of amides is 5. The monoisotopic (exact) mass is 948 g/mol. The van der Waals surface area contributed by atoms with E-state index in [1.165, 1.54) is 18.2 Å². The molecule has 1 heterocycles. The molecule has 7 N–H and O–H groups in total. The highest BCUT2D eigenvalue weighted by Gasteiger charge is 2.35. The number of carbonyl (C=O) groups is 5. The topological polar surface area (TPSA) is 230 Å². The number of ether oxygens (including phenoxy) is 5. The highest BCUT2D eigenvalue weighted by atomic mass is 32.2. The van der Waals surface area contributed by atoms with Crippen LogP contribution < -0.4 is 36.6 Å². The number of aromatic hydroxyl groups is 1. The summed E-state index contributed by atoms with van der Waals surface area (Å²) < 4.78 is 27.6. The van der Waals surface area contributed by atoms with E-state index in [4.69, 9.17) is 23.7 Å². The van der Waals surface area contributed by atoms with E-state index in [1.807, 2.05) is 68.3 Å². The fourth-order valence-electron chi connectivity index (χ4n) is 6.09. The van der Waals surface area contributed by atoms with Gasteiger partial charge in [-0.3, -0.25) is 9.59 Å². The summed E-state index contributed by atoms with van der Waals surface area (Å²) >= 11 is 1.12. The molecule has 4 rings (SSSR count). The molecular formula is C47H64N8O11S. The average Bonchev–Trinajstić information content (AvgIpc) is 3.59.